The van der Waals surface area contributed by atoms with Crippen molar-refractivity contribution in [1.82, 2.24) is 0 Å². The number of halogens is 3. The monoisotopic (exact) mass is 388 g/mol. The van der Waals surface area contributed by atoms with Crippen LogP contribution in [0.1, 0.15) is 24.0 Å². The van der Waals surface area contributed by atoms with Gasteiger partial charge in [0, 0.05) is 0 Å². The Morgan fingerprint density at radius 3 is 2.09 bits per heavy atom. The molecule has 0 heterocycles. The molecule has 0 saturated heterocycles. The summed E-state index contributed by atoms with van der Waals surface area (Å²) in [5.74, 6) is 0. The summed E-state index contributed by atoms with van der Waals surface area (Å²) < 4.78 is 0. The first kappa shape index (κ1) is 21.6. The molecule has 1 aliphatic carbocycles. The van der Waals surface area contributed by atoms with Crippen LogP contribution in [0.25, 0.3) is 21.5 Å². The summed E-state index contributed by atoms with van der Waals surface area (Å²) in [6.07, 6.45) is 5.22. The number of hydrogen-bond acceptors (Lipinski definition) is 0. The third kappa shape index (κ3) is 3.58. The Morgan fingerprint density at radius 1 is 0.591 bits per heavy atom. The Bertz CT molecular complexity index is 756. The van der Waals surface area contributed by atoms with Crippen LogP contribution in [0.2, 0.25) is 0 Å². The van der Waals surface area contributed by atoms with Crippen LogP contribution in [0.15, 0.2) is 48.5 Å². The zero-order valence-electron chi connectivity index (χ0n) is 12.0. The largest absolute Gasteiger partial charge is 3.00 e. The maximum Gasteiger partial charge on any atom is 3.00 e. The smallest absolute Gasteiger partial charge is 1.00 e. The Labute approximate surface area is 162 Å². The van der Waals surface area contributed by atoms with Gasteiger partial charge in [-0.1, -0.05) is 48.5 Å². The van der Waals surface area contributed by atoms with Crippen molar-refractivity contribution < 1.29 is 55.8 Å². The quantitative estimate of drug-likeness (QED) is 0.343. The summed E-state index contributed by atoms with van der Waals surface area (Å²) in [4.78, 5) is 0. The molecule has 0 aliphatic heterocycles. The number of fused-ring (bicyclic) bond motifs is 5. The molecule has 3 aromatic rings. The average Bonchev–Trinajstić information content (AvgIpc) is 2.46. The number of benzene rings is 3. The fraction of sp³-hybridized carbons (Fsp3) is 0.222. The second-order valence-electron chi connectivity index (χ2n) is 5.29. The van der Waals surface area contributed by atoms with E-state index in [1.807, 2.05) is 0 Å². The van der Waals surface area contributed by atoms with E-state index in [9.17, 15) is 0 Å². The Balaban J connectivity index is 0.00000110. The van der Waals surface area contributed by atoms with E-state index in [1.165, 1.54) is 47.2 Å². The number of hydrogen-bond donors (Lipinski definition) is 0. The van der Waals surface area contributed by atoms with Gasteiger partial charge in [-0.25, -0.2) is 0 Å². The van der Waals surface area contributed by atoms with Gasteiger partial charge in [0.15, 0.2) is 0 Å². The van der Waals surface area contributed by atoms with Gasteiger partial charge in [-0.3, -0.25) is 0 Å². The minimum atomic E-state index is 0. The molecule has 0 spiro atoms. The molecule has 4 rings (SSSR count). The molecule has 0 nitrogen and oxygen atoms in total. The Hall–Kier alpha value is -0.366. The number of aryl methyl sites for hydroxylation is 2. The first-order valence-electron chi connectivity index (χ1n) is 6.86. The van der Waals surface area contributed by atoms with E-state index in [-0.39, 0.29) is 55.8 Å². The van der Waals surface area contributed by atoms with Gasteiger partial charge in [0.05, 0.1) is 0 Å². The molecule has 0 atom stereocenters. The van der Waals surface area contributed by atoms with Crippen molar-refractivity contribution in [2.24, 2.45) is 0 Å². The minimum Gasteiger partial charge on any atom is -1.00 e. The van der Waals surface area contributed by atoms with Crippen LogP contribution < -0.4 is 37.2 Å². The molecule has 0 N–H and O–H groups in total. The molecule has 22 heavy (non-hydrogen) atoms. The number of rotatable bonds is 0. The molecule has 0 bridgehead atoms. The molecule has 0 unspecified atom stereocenters. The van der Waals surface area contributed by atoms with Crippen molar-refractivity contribution in [2.75, 3.05) is 0 Å². The summed E-state index contributed by atoms with van der Waals surface area (Å²) in [7, 11) is 0. The van der Waals surface area contributed by atoms with Crippen molar-refractivity contribution in [1.29, 1.82) is 0 Å². The summed E-state index contributed by atoms with van der Waals surface area (Å²) in [6, 6.07) is 18.0. The fourth-order valence-electron chi connectivity index (χ4n) is 3.34. The van der Waals surface area contributed by atoms with Crippen LogP contribution in [0.4, 0.5) is 0 Å². The zero-order valence-corrected chi connectivity index (χ0v) is 15.7. The Kier molecular flexibility index (Phi) is 8.91. The molecule has 4 heteroatoms. The third-order valence-corrected chi connectivity index (χ3v) is 4.26. The van der Waals surface area contributed by atoms with E-state index in [0.29, 0.717) is 0 Å². The molecule has 0 saturated carbocycles. The first-order chi connectivity index (χ1) is 8.93. The summed E-state index contributed by atoms with van der Waals surface area (Å²) in [5, 5.41) is 5.64. The maximum atomic E-state index is 2.35. The van der Waals surface area contributed by atoms with Gasteiger partial charge in [-0.2, -0.15) is 0 Å². The van der Waals surface area contributed by atoms with E-state index < -0.39 is 0 Å². The molecule has 3 aromatic carbocycles. The standard InChI is InChI=1S/C18H16.3ClH.V/c1-3-7-15-13(5-1)9-11-18-16-8-4-2-6-14(16)10-12-17(15)18;;;;/h1,3,5,7,9-12H,2,4,6,8H2;3*1H;/q;;;;+3/p-3. The minimum absolute atomic E-state index is 0. The summed E-state index contributed by atoms with van der Waals surface area (Å²) in [5.41, 5.74) is 3.17. The topological polar surface area (TPSA) is 0 Å². The average molecular weight is 390 g/mol. The van der Waals surface area contributed by atoms with E-state index in [1.54, 1.807) is 11.1 Å². The predicted molar refractivity (Wildman–Crippen MR) is 78.1 cm³/mol. The SMILES string of the molecule is [Cl-].[Cl-].[Cl-].[V+3].c1ccc2c(c1)ccc1c3c(ccc12)CCCC3. The molecule has 1 aliphatic rings. The van der Waals surface area contributed by atoms with E-state index in [2.05, 4.69) is 48.5 Å². The molecule has 114 valence electrons. The maximum absolute atomic E-state index is 2.35. The summed E-state index contributed by atoms with van der Waals surface area (Å²) in [6.45, 7) is 0. The van der Waals surface area contributed by atoms with Crippen molar-refractivity contribution in [3.05, 3.63) is 59.7 Å². The molecule has 0 radical (unpaired) electrons. The van der Waals surface area contributed by atoms with Crippen molar-refractivity contribution in [2.45, 2.75) is 25.7 Å². The van der Waals surface area contributed by atoms with Crippen LogP contribution in [-0.2, 0) is 31.4 Å². The van der Waals surface area contributed by atoms with Gasteiger partial charge in [-0.05, 0) is 58.4 Å². The van der Waals surface area contributed by atoms with Crippen molar-refractivity contribution in [3.63, 3.8) is 0 Å². The second-order valence-corrected chi connectivity index (χ2v) is 5.29. The van der Waals surface area contributed by atoms with Gasteiger partial charge in [0.25, 0.3) is 0 Å². The first-order valence-corrected chi connectivity index (χ1v) is 6.86. The molecule has 0 amide bonds. The molecule has 0 aromatic heterocycles. The van der Waals surface area contributed by atoms with Gasteiger partial charge in [0.2, 0.25) is 0 Å². The molecular formula is C18H16Cl3V. The Morgan fingerprint density at radius 2 is 1.27 bits per heavy atom. The van der Waals surface area contributed by atoms with Gasteiger partial charge in [-0.15, -0.1) is 0 Å². The fourth-order valence-corrected chi connectivity index (χ4v) is 3.34. The van der Waals surface area contributed by atoms with Crippen LogP contribution >= 0.6 is 0 Å². The van der Waals surface area contributed by atoms with Crippen molar-refractivity contribution in [3.8, 4) is 0 Å². The predicted octanol–water partition coefficient (Wildman–Crippen LogP) is -4.12. The van der Waals surface area contributed by atoms with Crippen LogP contribution in [0.5, 0.6) is 0 Å². The van der Waals surface area contributed by atoms with Gasteiger partial charge >= 0.3 is 18.6 Å². The van der Waals surface area contributed by atoms with Crippen molar-refractivity contribution >= 4 is 21.5 Å². The molecule has 0 fully saturated rings. The normalized spacial score (nSPS) is 12.2. The van der Waals surface area contributed by atoms with Crippen LogP contribution in [0.3, 0.4) is 0 Å². The van der Waals surface area contributed by atoms with E-state index in [4.69, 9.17) is 0 Å². The zero-order chi connectivity index (χ0) is 11.9. The van der Waals surface area contributed by atoms with E-state index >= 15 is 0 Å². The van der Waals surface area contributed by atoms with Crippen LogP contribution in [-0.4, -0.2) is 0 Å². The van der Waals surface area contributed by atoms with Gasteiger partial charge < -0.3 is 37.2 Å². The van der Waals surface area contributed by atoms with Gasteiger partial charge in [0.1, 0.15) is 0 Å². The van der Waals surface area contributed by atoms with E-state index in [0.717, 1.165) is 0 Å². The second kappa shape index (κ2) is 9.06. The molecular weight excluding hydrogens is 374 g/mol. The third-order valence-electron chi connectivity index (χ3n) is 4.26. The summed E-state index contributed by atoms with van der Waals surface area (Å²) >= 11 is 0. The van der Waals surface area contributed by atoms with Crippen LogP contribution in [0, 0.1) is 0 Å².